The van der Waals surface area contributed by atoms with E-state index in [1.54, 1.807) is 11.0 Å². The minimum absolute atomic E-state index is 0.0424. The number of nitrogens with two attached hydrogens (primary N) is 1. The van der Waals surface area contributed by atoms with Crippen LogP contribution in [0, 0.1) is 11.8 Å². The Hall–Kier alpha value is -3.52. The van der Waals surface area contributed by atoms with Crippen LogP contribution in [0.15, 0.2) is 40.9 Å². The van der Waals surface area contributed by atoms with E-state index in [-0.39, 0.29) is 29.5 Å². The summed E-state index contributed by atoms with van der Waals surface area (Å²) in [5.74, 6) is 0.668. The van der Waals surface area contributed by atoms with Gasteiger partial charge in [0.25, 0.3) is 5.91 Å². The van der Waals surface area contributed by atoms with Gasteiger partial charge in [0.05, 0.1) is 16.9 Å². The highest BCUT2D eigenvalue weighted by Gasteiger charge is 2.46. The molecule has 254 valence electrons. The number of ether oxygens (including phenoxy) is 2. The van der Waals surface area contributed by atoms with Crippen molar-refractivity contribution >= 4 is 45.4 Å². The van der Waals surface area contributed by atoms with Crippen molar-refractivity contribution in [3.05, 3.63) is 57.6 Å². The number of para-hydroxylation sites is 1. The van der Waals surface area contributed by atoms with E-state index in [4.69, 9.17) is 15.2 Å². The first-order valence-corrected chi connectivity index (χ1v) is 16.9. The first-order valence-electron chi connectivity index (χ1n) is 16.1. The van der Waals surface area contributed by atoms with Gasteiger partial charge in [-0.05, 0) is 90.3 Å². The number of carbonyl (C=O) groups is 3. The van der Waals surface area contributed by atoms with Gasteiger partial charge in [0.2, 0.25) is 0 Å². The molecule has 10 nitrogen and oxygen atoms in total. The number of rotatable bonds is 5. The van der Waals surface area contributed by atoms with Gasteiger partial charge in [0.15, 0.2) is 6.10 Å². The number of amides is 3. The Morgan fingerprint density at radius 1 is 1.02 bits per heavy atom. The fourth-order valence-corrected chi connectivity index (χ4v) is 8.01. The van der Waals surface area contributed by atoms with Crippen molar-refractivity contribution < 1.29 is 37.0 Å². The number of piperidine rings is 3. The van der Waals surface area contributed by atoms with Crippen LogP contribution in [0.3, 0.4) is 0 Å². The summed E-state index contributed by atoms with van der Waals surface area (Å²) in [6.45, 7) is 3.34. The number of likely N-dealkylation sites (tertiary alicyclic amines) is 2. The van der Waals surface area contributed by atoms with Crippen molar-refractivity contribution in [2.45, 2.75) is 62.8 Å². The highest BCUT2D eigenvalue weighted by atomic mass is 79.9. The molecule has 0 aliphatic carbocycles. The molecule has 0 unspecified atom stereocenters. The van der Waals surface area contributed by atoms with Crippen LogP contribution in [0.25, 0.3) is 0 Å². The molecule has 1 spiro atoms. The molecule has 3 amide bonds. The van der Waals surface area contributed by atoms with Gasteiger partial charge in [-0.1, -0.05) is 18.2 Å². The zero-order valence-corrected chi connectivity index (χ0v) is 27.5. The number of nitrogen functional groups attached to an aromatic ring is 1. The second-order valence-corrected chi connectivity index (χ2v) is 13.8. The lowest BCUT2D eigenvalue weighted by molar-refractivity contribution is -0.143. The summed E-state index contributed by atoms with van der Waals surface area (Å²) in [4.78, 5) is 43.0. The molecule has 4 N–H and O–H groups in total. The van der Waals surface area contributed by atoms with Gasteiger partial charge in [-0.25, -0.2) is 9.59 Å². The van der Waals surface area contributed by atoms with Gasteiger partial charge >= 0.3 is 18.4 Å². The summed E-state index contributed by atoms with van der Waals surface area (Å²) < 4.78 is 53.1. The fraction of sp³-hybridized carbons (Fsp3) is 0.545. The topological polar surface area (TPSA) is 126 Å². The molecule has 14 heteroatoms. The molecule has 47 heavy (non-hydrogen) atoms. The molecule has 4 aliphatic heterocycles. The number of benzene rings is 2. The number of alkyl halides is 3. The summed E-state index contributed by atoms with van der Waals surface area (Å²) in [6.07, 6.45) is -3.14. The normalized spacial score (nSPS) is 21.1. The van der Waals surface area contributed by atoms with E-state index in [2.05, 4.69) is 26.6 Å². The Balaban J connectivity index is 1.18. The molecule has 3 fully saturated rings. The lowest BCUT2D eigenvalue weighted by atomic mass is 9.79. The SMILES string of the molecule is Nc1c(Br)cc(C[C@@H](OC(=O)N2CCC3(CC2)OC(=O)Nc2ccccc23)C(=O)N2CCC(C3CCNCC3)CC2)cc1C(F)(F)F. The summed E-state index contributed by atoms with van der Waals surface area (Å²) in [5.41, 5.74) is 4.97. The average molecular weight is 723 g/mol. The summed E-state index contributed by atoms with van der Waals surface area (Å²) in [6, 6.07) is 9.68. The Labute approximate surface area is 279 Å². The van der Waals surface area contributed by atoms with Crippen molar-refractivity contribution in [1.82, 2.24) is 15.1 Å². The van der Waals surface area contributed by atoms with Crippen LogP contribution in [0.2, 0.25) is 0 Å². The number of carbonyl (C=O) groups excluding carboxylic acids is 3. The maximum Gasteiger partial charge on any atom is 0.418 e. The van der Waals surface area contributed by atoms with Gasteiger partial charge in [0.1, 0.15) is 5.60 Å². The zero-order valence-electron chi connectivity index (χ0n) is 25.9. The largest absolute Gasteiger partial charge is 0.438 e. The first-order chi connectivity index (χ1) is 22.4. The Morgan fingerprint density at radius 2 is 1.68 bits per heavy atom. The van der Waals surface area contributed by atoms with E-state index < -0.39 is 47.2 Å². The summed E-state index contributed by atoms with van der Waals surface area (Å²) in [5, 5.41) is 6.09. The van der Waals surface area contributed by atoms with Crippen molar-refractivity contribution in [2.24, 2.45) is 11.8 Å². The number of hydrogen-bond donors (Lipinski definition) is 3. The number of anilines is 2. The van der Waals surface area contributed by atoms with Crippen LogP contribution in [0.4, 0.5) is 34.1 Å². The molecule has 6 rings (SSSR count). The molecule has 1 atom stereocenters. The predicted octanol–water partition coefficient (Wildman–Crippen LogP) is 5.89. The number of nitrogens with one attached hydrogen (secondary N) is 2. The smallest absolute Gasteiger partial charge is 0.418 e. The van der Waals surface area contributed by atoms with Crippen LogP contribution in [-0.2, 0) is 32.5 Å². The summed E-state index contributed by atoms with van der Waals surface area (Å²) >= 11 is 3.12. The Bertz CT molecular complexity index is 1500. The molecular weight excluding hydrogens is 683 g/mol. The Kier molecular flexibility index (Phi) is 9.62. The molecule has 0 radical (unpaired) electrons. The van der Waals surface area contributed by atoms with Crippen LogP contribution < -0.4 is 16.4 Å². The maximum absolute atomic E-state index is 14.0. The van der Waals surface area contributed by atoms with Gasteiger partial charge < -0.3 is 30.3 Å². The van der Waals surface area contributed by atoms with Crippen LogP contribution >= 0.6 is 15.9 Å². The predicted molar refractivity (Wildman–Crippen MR) is 171 cm³/mol. The number of fused-ring (bicyclic) bond motifs is 2. The van der Waals surface area contributed by atoms with Crippen molar-refractivity contribution in [3.63, 3.8) is 0 Å². The second-order valence-electron chi connectivity index (χ2n) is 12.9. The lowest BCUT2D eigenvalue weighted by Crippen LogP contribution is -2.52. The van der Waals surface area contributed by atoms with Crippen LogP contribution in [0.5, 0.6) is 0 Å². The molecular formula is C33H39BrF3N5O5. The van der Waals surface area contributed by atoms with E-state index >= 15 is 0 Å². The van der Waals surface area contributed by atoms with Gasteiger partial charge in [0, 0.05) is 55.5 Å². The second kappa shape index (κ2) is 13.5. The maximum atomic E-state index is 14.0. The highest BCUT2D eigenvalue weighted by molar-refractivity contribution is 9.10. The minimum Gasteiger partial charge on any atom is -0.438 e. The molecule has 4 aliphatic rings. The van der Waals surface area contributed by atoms with E-state index in [1.165, 1.54) is 11.0 Å². The van der Waals surface area contributed by atoms with Crippen molar-refractivity contribution in [3.8, 4) is 0 Å². The number of halogens is 4. The third kappa shape index (κ3) is 7.18. The molecule has 4 heterocycles. The van der Waals surface area contributed by atoms with Gasteiger partial charge in [-0.2, -0.15) is 13.2 Å². The average Bonchev–Trinajstić information content (AvgIpc) is 3.06. The van der Waals surface area contributed by atoms with Crippen LogP contribution in [0.1, 0.15) is 55.2 Å². The molecule has 2 aromatic carbocycles. The third-order valence-corrected chi connectivity index (χ3v) is 10.8. The monoisotopic (exact) mass is 721 g/mol. The third-order valence-electron chi connectivity index (χ3n) is 10.1. The van der Waals surface area contributed by atoms with E-state index in [0.29, 0.717) is 43.5 Å². The summed E-state index contributed by atoms with van der Waals surface area (Å²) in [7, 11) is 0. The highest BCUT2D eigenvalue weighted by Crippen LogP contribution is 2.44. The zero-order chi connectivity index (χ0) is 33.3. The van der Waals surface area contributed by atoms with Gasteiger partial charge in [-0.15, -0.1) is 0 Å². The van der Waals surface area contributed by atoms with Gasteiger partial charge in [-0.3, -0.25) is 10.1 Å². The molecule has 2 aromatic rings. The first kappa shape index (κ1) is 33.4. The van der Waals surface area contributed by atoms with E-state index in [0.717, 1.165) is 50.4 Å². The molecule has 0 bridgehead atoms. The number of nitrogens with zero attached hydrogens (tertiary/aromatic N) is 2. The number of hydrogen-bond acceptors (Lipinski definition) is 7. The Morgan fingerprint density at radius 3 is 2.36 bits per heavy atom. The minimum atomic E-state index is -4.71. The molecule has 0 saturated carbocycles. The fourth-order valence-electron chi connectivity index (χ4n) is 7.51. The molecule has 0 aromatic heterocycles. The molecule has 3 saturated heterocycles. The van der Waals surface area contributed by atoms with E-state index in [1.807, 2.05) is 18.2 Å². The standard InChI is InChI=1S/C33H39BrF3N5O5/c34-25-18-20(17-24(28(25)38)33(35,36)37)19-27(29(43)41-13-7-22(8-14-41)21-5-11-39-12-6-21)46-31(45)42-15-9-32(10-16-42)23-3-1-2-4-26(23)40-30(44)47-32/h1-4,17-18,21-22,27,39H,5-16,19,38H2,(H,40,44)/t27-/m1/s1. The lowest BCUT2D eigenvalue weighted by Gasteiger charge is -2.44. The van der Waals surface area contributed by atoms with E-state index in [9.17, 15) is 27.6 Å². The quantitative estimate of drug-likeness (QED) is 0.329. The van der Waals surface area contributed by atoms with Crippen molar-refractivity contribution in [2.75, 3.05) is 50.3 Å². The van der Waals surface area contributed by atoms with Crippen LogP contribution in [-0.4, -0.2) is 73.3 Å². The van der Waals surface area contributed by atoms with Crippen molar-refractivity contribution in [1.29, 1.82) is 0 Å².